The van der Waals surface area contributed by atoms with Crippen LogP contribution in [0.15, 0.2) is 97.1 Å². The van der Waals surface area contributed by atoms with E-state index in [1.807, 2.05) is 24.3 Å². The molecule has 0 heterocycles. The van der Waals surface area contributed by atoms with Gasteiger partial charge in [0.15, 0.2) is 0 Å². The molecule has 0 amide bonds. The summed E-state index contributed by atoms with van der Waals surface area (Å²) in [5, 5.41) is 9.91. The number of Topliss-reactive ketones (excluding diaryl/α,β-unsaturated/α-hetero) is 1. The van der Waals surface area contributed by atoms with Gasteiger partial charge < -0.3 is 43.0 Å². The normalized spacial score (nSPS) is 10.1. The van der Waals surface area contributed by atoms with Gasteiger partial charge in [0, 0.05) is 24.3 Å². The Labute approximate surface area is 257 Å². The van der Waals surface area contributed by atoms with Crippen LogP contribution in [0.25, 0.3) is 0 Å². The number of carbonyl (C=O) groups excluding carboxylic acids is 1. The molecule has 0 spiro atoms. The lowest BCUT2D eigenvalue weighted by Crippen LogP contribution is -2.25. The van der Waals surface area contributed by atoms with E-state index in [-0.39, 0.29) is 32.2 Å². The maximum Gasteiger partial charge on any atom is 0.207 e. The van der Waals surface area contributed by atoms with Gasteiger partial charge in [-0.05, 0) is 48.5 Å². The molecule has 0 aliphatic rings. The van der Waals surface area contributed by atoms with Gasteiger partial charge in [0.25, 0.3) is 0 Å². The van der Waals surface area contributed by atoms with Crippen molar-refractivity contribution < 1.29 is 47.8 Å². The lowest BCUT2D eigenvalue weighted by Gasteiger charge is -2.14. The average Bonchev–Trinajstić information content (AvgIpc) is 3.08. The largest absolute Gasteiger partial charge is 0.497 e. The predicted molar refractivity (Wildman–Crippen MR) is 165 cm³/mol. The molecule has 10 heteroatoms. The highest BCUT2D eigenvalue weighted by Gasteiger charge is 2.08. The van der Waals surface area contributed by atoms with E-state index < -0.39 is 6.10 Å². The SMILES string of the molecule is COc1cccc(OCC(=O)COc2cccc(OC)c2)c1.COc1cccc(OCC(O)COc2cccc(OC)c2)c1. The summed E-state index contributed by atoms with van der Waals surface area (Å²) in [5.74, 6) is 5.04. The van der Waals surface area contributed by atoms with Gasteiger partial charge >= 0.3 is 0 Å². The highest BCUT2D eigenvalue weighted by Crippen LogP contribution is 2.22. The van der Waals surface area contributed by atoms with Crippen molar-refractivity contribution in [3.63, 3.8) is 0 Å². The zero-order chi connectivity index (χ0) is 31.6. The zero-order valence-corrected chi connectivity index (χ0v) is 25.3. The van der Waals surface area contributed by atoms with Crippen LogP contribution >= 0.6 is 0 Å². The van der Waals surface area contributed by atoms with Gasteiger partial charge in [-0.1, -0.05) is 24.3 Å². The number of ketones is 1. The van der Waals surface area contributed by atoms with Crippen molar-refractivity contribution in [2.45, 2.75) is 6.10 Å². The molecule has 0 aromatic heterocycles. The van der Waals surface area contributed by atoms with Crippen LogP contribution in [-0.4, -0.2) is 71.9 Å². The molecule has 0 atom stereocenters. The van der Waals surface area contributed by atoms with Crippen molar-refractivity contribution in [2.24, 2.45) is 0 Å². The molecule has 0 saturated carbocycles. The summed E-state index contributed by atoms with van der Waals surface area (Å²) in [6.45, 7) is 0.155. The highest BCUT2D eigenvalue weighted by atomic mass is 16.5. The van der Waals surface area contributed by atoms with E-state index in [0.29, 0.717) is 46.0 Å². The lowest BCUT2D eigenvalue weighted by molar-refractivity contribution is -0.123. The number of benzene rings is 4. The van der Waals surface area contributed by atoms with Gasteiger partial charge in [-0.25, -0.2) is 0 Å². The molecule has 4 rings (SSSR count). The van der Waals surface area contributed by atoms with Gasteiger partial charge in [0.05, 0.1) is 28.4 Å². The van der Waals surface area contributed by atoms with Gasteiger partial charge in [-0.3, -0.25) is 4.79 Å². The van der Waals surface area contributed by atoms with Crippen molar-refractivity contribution in [2.75, 3.05) is 54.9 Å². The third kappa shape index (κ3) is 12.0. The van der Waals surface area contributed by atoms with E-state index in [1.165, 1.54) is 0 Å². The van der Waals surface area contributed by atoms with Gasteiger partial charge in [0.2, 0.25) is 5.78 Å². The first kappa shape index (κ1) is 33.4. The maximum absolute atomic E-state index is 11.8. The van der Waals surface area contributed by atoms with Gasteiger partial charge in [0.1, 0.15) is 78.5 Å². The fraction of sp³-hybridized carbons (Fsp3) is 0.265. The molecule has 4 aromatic rings. The lowest BCUT2D eigenvalue weighted by atomic mass is 10.3. The summed E-state index contributed by atoms with van der Waals surface area (Å²) in [7, 11) is 6.34. The molecular formula is C34H38O10. The Kier molecular flexibility index (Phi) is 14.0. The van der Waals surface area contributed by atoms with Crippen molar-refractivity contribution >= 4 is 5.78 Å². The van der Waals surface area contributed by atoms with Crippen molar-refractivity contribution in [1.29, 1.82) is 0 Å². The summed E-state index contributed by atoms with van der Waals surface area (Å²) in [6.07, 6.45) is -0.739. The Morgan fingerprint density at radius 1 is 0.500 bits per heavy atom. The van der Waals surface area contributed by atoms with Crippen LogP contribution < -0.4 is 37.9 Å². The van der Waals surface area contributed by atoms with E-state index in [0.717, 1.165) is 0 Å². The van der Waals surface area contributed by atoms with Gasteiger partial charge in [-0.15, -0.1) is 0 Å². The summed E-state index contributed by atoms with van der Waals surface area (Å²) in [6, 6.07) is 28.6. The number of ether oxygens (including phenoxy) is 8. The second kappa shape index (κ2) is 18.4. The first-order valence-electron chi connectivity index (χ1n) is 13.7. The molecule has 44 heavy (non-hydrogen) atoms. The molecule has 234 valence electrons. The van der Waals surface area contributed by atoms with E-state index in [4.69, 9.17) is 37.9 Å². The smallest absolute Gasteiger partial charge is 0.207 e. The van der Waals surface area contributed by atoms with Crippen molar-refractivity contribution in [1.82, 2.24) is 0 Å². The Hall–Kier alpha value is -5.09. The average molecular weight is 607 g/mol. The molecule has 4 aromatic carbocycles. The monoisotopic (exact) mass is 606 g/mol. The van der Waals surface area contributed by atoms with Crippen LogP contribution in [0.1, 0.15) is 0 Å². The number of hydrogen-bond donors (Lipinski definition) is 1. The van der Waals surface area contributed by atoms with Crippen molar-refractivity contribution in [3.8, 4) is 46.0 Å². The Balaban J connectivity index is 0.000000240. The number of aliphatic hydroxyl groups excluding tert-OH is 1. The quantitative estimate of drug-likeness (QED) is 0.182. The number of carbonyl (C=O) groups is 1. The van der Waals surface area contributed by atoms with Crippen LogP contribution in [0.4, 0.5) is 0 Å². The second-order valence-electron chi connectivity index (χ2n) is 9.11. The second-order valence-corrected chi connectivity index (χ2v) is 9.11. The molecule has 0 unspecified atom stereocenters. The third-order valence-corrected chi connectivity index (χ3v) is 5.85. The highest BCUT2D eigenvalue weighted by molar-refractivity contribution is 5.81. The van der Waals surface area contributed by atoms with Crippen LogP contribution in [0.2, 0.25) is 0 Å². The Morgan fingerprint density at radius 2 is 0.773 bits per heavy atom. The zero-order valence-electron chi connectivity index (χ0n) is 25.3. The minimum Gasteiger partial charge on any atom is -0.497 e. The van der Waals surface area contributed by atoms with E-state index in [1.54, 1.807) is 101 Å². The van der Waals surface area contributed by atoms with Crippen LogP contribution in [0, 0.1) is 0 Å². The molecule has 0 saturated heterocycles. The topological polar surface area (TPSA) is 111 Å². The maximum atomic E-state index is 11.8. The first-order chi connectivity index (χ1) is 21.4. The number of methoxy groups -OCH3 is 4. The summed E-state index contributed by atoms with van der Waals surface area (Å²) in [4.78, 5) is 11.8. The third-order valence-electron chi connectivity index (χ3n) is 5.85. The Morgan fingerprint density at radius 3 is 1.07 bits per heavy atom. The van der Waals surface area contributed by atoms with Crippen molar-refractivity contribution in [3.05, 3.63) is 97.1 Å². The van der Waals surface area contributed by atoms with Gasteiger partial charge in [-0.2, -0.15) is 0 Å². The van der Waals surface area contributed by atoms with Crippen LogP contribution in [0.5, 0.6) is 46.0 Å². The molecule has 0 aliphatic heterocycles. The molecule has 0 fully saturated rings. The van der Waals surface area contributed by atoms with E-state index in [9.17, 15) is 9.90 Å². The first-order valence-corrected chi connectivity index (χ1v) is 13.7. The number of hydrogen-bond acceptors (Lipinski definition) is 10. The molecule has 1 N–H and O–H groups in total. The minimum absolute atomic E-state index is 0.0584. The molecule has 0 bridgehead atoms. The fourth-order valence-corrected chi connectivity index (χ4v) is 3.57. The fourth-order valence-electron chi connectivity index (χ4n) is 3.57. The number of aliphatic hydroxyl groups is 1. The predicted octanol–water partition coefficient (Wildman–Crippen LogP) is 5.25. The molecule has 10 nitrogen and oxygen atoms in total. The summed E-state index contributed by atoms with van der Waals surface area (Å²) >= 11 is 0. The number of rotatable bonds is 16. The molecule has 0 aliphatic carbocycles. The molecule has 0 radical (unpaired) electrons. The van der Waals surface area contributed by atoms with E-state index >= 15 is 0 Å². The summed E-state index contributed by atoms with van der Waals surface area (Å²) in [5.41, 5.74) is 0. The van der Waals surface area contributed by atoms with Crippen LogP contribution in [-0.2, 0) is 4.79 Å². The standard InChI is InChI=1S/C17H20O5.C17H18O5/c2*1-19-14-5-3-7-16(9-14)21-11-13(18)12-22-17-8-4-6-15(10-17)20-2/h3-10,13,18H,11-12H2,1-2H3;3-10H,11-12H2,1-2H3. The summed E-state index contributed by atoms with van der Waals surface area (Å²) < 4.78 is 42.2. The van der Waals surface area contributed by atoms with E-state index in [2.05, 4.69) is 0 Å². The van der Waals surface area contributed by atoms with Crippen LogP contribution in [0.3, 0.4) is 0 Å². The Bertz CT molecular complexity index is 1320. The minimum atomic E-state index is -0.739. The molecular weight excluding hydrogens is 568 g/mol.